The van der Waals surface area contributed by atoms with Crippen molar-refractivity contribution in [2.24, 2.45) is 0 Å². The Morgan fingerprint density at radius 2 is 2.13 bits per heavy atom. The third-order valence-electron chi connectivity index (χ3n) is 3.31. The number of hydrogen-bond donors (Lipinski definition) is 3. The van der Waals surface area contributed by atoms with E-state index in [0.717, 1.165) is 12.8 Å². The topological polar surface area (TPSA) is 87.7 Å². The largest absolute Gasteiger partial charge is 0.495 e. The number of aliphatic carboxylic acids is 1. The maximum atomic E-state index is 11.9. The lowest BCUT2D eigenvalue weighted by Gasteiger charge is -2.15. The number of unbranched alkanes of at least 4 members (excludes halogenated alkanes) is 1. The van der Waals surface area contributed by atoms with E-state index >= 15 is 0 Å². The minimum Gasteiger partial charge on any atom is -0.495 e. The Kier molecular flexibility index (Phi) is 8.26. The summed E-state index contributed by atoms with van der Waals surface area (Å²) < 4.78 is 5.20. The van der Waals surface area contributed by atoms with Gasteiger partial charge in [0, 0.05) is 18.0 Å². The summed E-state index contributed by atoms with van der Waals surface area (Å²) >= 11 is 5.93. The van der Waals surface area contributed by atoms with E-state index < -0.39 is 12.0 Å². The number of halogens is 1. The Morgan fingerprint density at radius 3 is 2.74 bits per heavy atom. The fourth-order valence-corrected chi connectivity index (χ4v) is 2.23. The van der Waals surface area contributed by atoms with Gasteiger partial charge in [0.05, 0.1) is 12.8 Å². The van der Waals surface area contributed by atoms with Crippen molar-refractivity contribution >= 4 is 29.2 Å². The zero-order chi connectivity index (χ0) is 17.2. The molecular weight excluding hydrogens is 320 g/mol. The summed E-state index contributed by atoms with van der Waals surface area (Å²) in [5.41, 5.74) is 0.688. The third kappa shape index (κ3) is 6.78. The van der Waals surface area contributed by atoms with E-state index in [1.165, 1.54) is 0 Å². The highest BCUT2D eigenvalue weighted by molar-refractivity contribution is 6.30. The molecule has 1 atom stereocenters. The first-order valence-electron chi connectivity index (χ1n) is 7.57. The Bertz CT molecular complexity index is 537. The number of hydrogen-bond acceptors (Lipinski definition) is 4. The van der Waals surface area contributed by atoms with Crippen molar-refractivity contribution in [1.29, 1.82) is 0 Å². The second-order valence-corrected chi connectivity index (χ2v) is 5.56. The highest BCUT2D eigenvalue weighted by Gasteiger charge is 2.18. The lowest BCUT2D eigenvalue weighted by molar-refractivity contribution is -0.142. The molecule has 0 heterocycles. The van der Waals surface area contributed by atoms with E-state index in [1.54, 1.807) is 25.3 Å². The Balaban J connectivity index is 2.47. The number of carboxylic acids is 1. The van der Waals surface area contributed by atoms with Crippen molar-refractivity contribution in [3.8, 4) is 5.75 Å². The van der Waals surface area contributed by atoms with Crippen LogP contribution in [0.1, 0.15) is 32.6 Å². The lowest BCUT2D eigenvalue weighted by atomic mass is 10.1. The second kappa shape index (κ2) is 9.94. The van der Waals surface area contributed by atoms with Gasteiger partial charge in [0.15, 0.2) is 0 Å². The van der Waals surface area contributed by atoms with Gasteiger partial charge in [-0.05, 0) is 24.6 Å². The number of carbonyl (C=O) groups is 2. The molecule has 0 unspecified atom stereocenters. The monoisotopic (exact) mass is 342 g/mol. The molecule has 0 saturated heterocycles. The van der Waals surface area contributed by atoms with Gasteiger partial charge in [-0.15, -0.1) is 0 Å². The van der Waals surface area contributed by atoms with Crippen molar-refractivity contribution in [1.82, 2.24) is 5.32 Å². The molecule has 0 aliphatic rings. The number of ether oxygens (including phenoxy) is 1. The van der Waals surface area contributed by atoms with Crippen LogP contribution in [-0.2, 0) is 9.59 Å². The maximum absolute atomic E-state index is 11.9. The molecule has 3 N–H and O–H groups in total. The molecule has 7 heteroatoms. The predicted molar refractivity (Wildman–Crippen MR) is 90.2 cm³/mol. The number of carbonyl (C=O) groups excluding carboxylic acids is 1. The molecule has 0 aliphatic carbocycles. The summed E-state index contributed by atoms with van der Waals surface area (Å²) in [6, 6.07) is 4.32. The molecule has 0 fully saturated rings. The van der Waals surface area contributed by atoms with Gasteiger partial charge >= 0.3 is 5.97 Å². The second-order valence-electron chi connectivity index (χ2n) is 5.12. The average molecular weight is 343 g/mol. The molecular formula is C16H23ClN2O4. The number of nitrogens with one attached hydrogen (secondary N) is 2. The first-order valence-corrected chi connectivity index (χ1v) is 7.95. The van der Waals surface area contributed by atoms with Crippen LogP contribution in [-0.4, -0.2) is 36.7 Å². The summed E-state index contributed by atoms with van der Waals surface area (Å²) in [6.45, 7) is 2.33. The SMILES string of the molecule is CCCC[C@H](NC(=O)CCNc1cc(Cl)ccc1OC)C(=O)O. The standard InChI is InChI=1S/C16H23ClN2O4/c1-3-4-5-12(16(21)22)19-15(20)8-9-18-13-10-11(17)6-7-14(13)23-2/h6-7,10,12,18H,3-5,8-9H2,1-2H3,(H,19,20)(H,21,22)/t12-/m0/s1. The number of anilines is 1. The van der Waals surface area contributed by atoms with Gasteiger partial charge < -0.3 is 20.5 Å². The molecule has 0 saturated carbocycles. The lowest BCUT2D eigenvalue weighted by Crippen LogP contribution is -2.41. The van der Waals surface area contributed by atoms with E-state index in [0.29, 0.717) is 29.4 Å². The van der Waals surface area contributed by atoms with Crippen LogP contribution in [0.25, 0.3) is 0 Å². The zero-order valence-electron chi connectivity index (χ0n) is 13.4. The Labute approximate surface area is 141 Å². The van der Waals surface area contributed by atoms with Crippen molar-refractivity contribution < 1.29 is 19.4 Å². The summed E-state index contributed by atoms with van der Waals surface area (Å²) in [5, 5.41) is 15.3. The summed E-state index contributed by atoms with van der Waals surface area (Å²) in [5.74, 6) is -0.681. The van der Waals surface area contributed by atoms with Crippen LogP contribution in [0.15, 0.2) is 18.2 Å². The third-order valence-corrected chi connectivity index (χ3v) is 3.54. The number of amides is 1. The molecule has 0 aromatic heterocycles. The van der Waals surface area contributed by atoms with E-state index in [-0.39, 0.29) is 12.3 Å². The first-order chi connectivity index (χ1) is 11.0. The van der Waals surface area contributed by atoms with Crippen LogP contribution in [0.2, 0.25) is 5.02 Å². The van der Waals surface area contributed by atoms with Gasteiger partial charge in [-0.1, -0.05) is 31.4 Å². The smallest absolute Gasteiger partial charge is 0.326 e. The fraction of sp³-hybridized carbons (Fsp3) is 0.500. The normalized spacial score (nSPS) is 11.6. The highest BCUT2D eigenvalue weighted by Crippen LogP contribution is 2.27. The van der Waals surface area contributed by atoms with Crippen molar-refractivity contribution in [3.05, 3.63) is 23.2 Å². The molecule has 1 aromatic carbocycles. The molecule has 0 aliphatic heterocycles. The number of benzene rings is 1. The molecule has 23 heavy (non-hydrogen) atoms. The first kappa shape index (κ1) is 19.1. The van der Waals surface area contributed by atoms with Crippen molar-refractivity contribution in [3.63, 3.8) is 0 Å². The minimum absolute atomic E-state index is 0.158. The van der Waals surface area contributed by atoms with Crippen molar-refractivity contribution in [2.75, 3.05) is 19.0 Å². The Morgan fingerprint density at radius 1 is 1.39 bits per heavy atom. The van der Waals surface area contributed by atoms with Gasteiger partial charge in [0.2, 0.25) is 5.91 Å². The summed E-state index contributed by atoms with van der Waals surface area (Å²) in [6.07, 6.45) is 2.24. The number of carboxylic acid groups (broad SMARTS) is 1. The van der Waals surface area contributed by atoms with Crippen LogP contribution in [0.3, 0.4) is 0 Å². The van der Waals surface area contributed by atoms with E-state index in [4.69, 9.17) is 21.4 Å². The van der Waals surface area contributed by atoms with Gasteiger partial charge in [-0.25, -0.2) is 4.79 Å². The molecule has 0 spiro atoms. The van der Waals surface area contributed by atoms with Crippen LogP contribution in [0.5, 0.6) is 5.75 Å². The molecule has 6 nitrogen and oxygen atoms in total. The predicted octanol–water partition coefficient (Wildman–Crippen LogP) is 2.91. The molecule has 128 valence electrons. The van der Waals surface area contributed by atoms with Crippen molar-refractivity contribution in [2.45, 2.75) is 38.6 Å². The average Bonchev–Trinajstić information content (AvgIpc) is 2.51. The number of rotatable bonds is 10. The quantitative estimate of drug-likeness (QED) is 0.608. The Hall–Kier alpha value is -1.95. The van der Waals surface area contributed by atoms with Gasteiger partial charge in [0.1, 0.15) is 11.8 Å². The summed E-state index contributed by atoms with van der Waals surface area (Å²) in [7, 11) is 1.55. The van der Waals surface area contributed by atoms with Crippen LogP contribution < -0.4 is 15.4 Å². The zero-order valence-corrected chi connectivity index (χ0v) is 14.2. The van der Waals surface area contributed by atoms with Crippen LogP contribution in [0, 0.1) is 0 Å². The molecule has 0 radical (unpaired) electrons. The van der Waals surface area contributed by atoms with Gasteiger partial charge in [-0.2, -0.15) is 0 Å². The minimum atomic E-state index is -1.00. The highest BCUT2D eigenvalue weighted by atomic mass is 35.5. The molecule has 0 bridgehead atoms. The van der Waals surface area contributed by atoms with Gasteiger partial charge in [-0.3, -0.25) is 4.79 Å². The fourth-order valence-electron chi connectivity index (χ4n) is 2.06. The summed E-state index contributed by atoms with van der Waals surface area (Å²) in [4.78, 5) is 23.0. The van der Waals surface area contributed by atoms with E-state index in [2.05, 4.69) is 10.6 Å². The molecule has 1 rings (SSSR count). The van der Waals surface area contributed by atoms with Crippen LogP contribution >= 0.6 is 11.6 Å². The molecule has 1 amide bonds. The van der Waals surface area contributed by atoms with Gasteiger partial charge in [0.25, 0.3) is 0 Å². The van der Waals surface area contributed by atoms with E-state index in [9.17, 15) is 9.59 Å². The van der Waals surface area contributed by atoms with E-state index in [1.807, 2.05) is 6.92 Å². The molecule has 1 aromatic rings. The van der Waals surface area contributed by atoms with Crippen LogP contribution in [0.4, 0.5) is 5.69 Å². The number of methoxy groups -OCH3 is 1. The maximum Gasteiger partial charge on any atom is 0.326 e.